The minimum atomic E-state index is -0.910. The second kappa shape index (κ2) is 6.94. The van der Waals surface area contributed by atoms with Crippen LogP contribution in [0.5, 0.6) is 0 Å². The topological polar surface area (TPSA) is 60.9 Å². The summed E-state index contributed by atoms with van der Waals surface area (Å²) in [6.45, 7) is 7.03. The molecule has 2 aliphatic heterocycles. The van der Waals surface area contributed by atoms with Crippen molar-refractivity contribution in [3.8, 4) is 0 Å². The van der Waals surface area contributed by atoms with Crippen molar-refractivity contribution in [1.82, 2.24) is 9.80 Å². The Balaban J connectivity index is 1.87. The maximum Gasteiger partial charge on any atom is 0.225 e. The number of rotatable bonds is 4. The first-order valence-corrected chi connectivity index (χ1v) is 8.19. The number of likely N-dealkylation sites (tertiary alicyclic amines) is 2. The number of carbonyl (C=O) groups excluding carboxylic acids is 2. The van der Waals surface area contributed by atoms with Gasteiger partial charge < -0.3 is 14.9 Å². The lowest BCUT2D eigenvalue weighted by atomic mass is 9.92. The van der Waals surface area contributed by atoms with Gasteiger partial charge in [-0.1, -0.05) is 20.8 Å². The Morgan fingerprint density at radius 3 is 2.36 bits per heavy atom. The van der Waals surface area contributed by atoms with Gasteiger partial charge in [-0.05, 0) is 12.8 Å². The van der Waals surface area contributed by atoms with E-state index in [1.807, 2.05) is 20.8 Å². The Kier molecular flexibility index (Phi) is 5.42. The van der Waals surface area contributed by atoms with Gasteiger partial charge in [-0.3, -0.25) is 9.59 Å². The van der Waals surface area contributed by atoms with Crippen molar-refractivity contribution in [2.24, 2.45) is 17.8 Å². The van der Waals surface area contributed by atoms with Crippen LogP contribution in [0.1, 0.15) is 33.6 Å². The lowest BCUT2D eigenvalue weighted by Crippen LogP contribution is -2.35. The minimum absolute atomic E-state index is 0.0408. The predicted molar refractivity (Wildman–Crippen MR) is 80.8 cm³/mol. The summed E-state index contributed by atoms with van der Waals surface area (Å²) in [6.07, 6.45) is -0.533. The molecule has 2 unspecified atom stereocenters. The van der Waals surface area contributed by atoms with Gasteiger partial charge in [0, 0.05) is 37.4 Å². The third-order valence-corrected chi connectivity index (χ3v) is 4.73. The highest BCUT2D eigenvalue weighted by Gasteiger charge is 2.37. The van der Waals surface area contributed by atoms with E-state index >= 15 is 0 Å². The third-order valence-electron chi connectivity index (χ3n) is 4.73. The Morgan fingerprint density at radius 1 is 1.14 bits per heavy atom. The molecule has 2 heterocycles. The van der Waals surface area contributed by atoms with Crippen LogP contribution >= 0.6 is 0 Å². The number of halogens is 1. The molecule has 0 saturated carbocycles. The van der Waals surface area contributed by atoms with Gasteiger partial charge in [0.1, 0.15) is 6.17 Å². The van der Waals surface area contributed by atoms with Gasteiger partial charge in [-0.15, -0.1) is 0 Å². The number of amides is 2. The first-order valence-electron chi connectivity index (χ1n) is 8.19. The number of aliphatic hydroxyl groups is 1. The van der Waals surface area contributed by atoms with Gasteiger partial charge in [0.05, 0.1) is 12.6 Å². The summed E-state index contributed by atoms with van der Waals surface area (Å²) < 4.78 is 13.2. The van der Waals surface area contributed by atoms with Crippen LogP contribution in [0.4, 0.5) is 4.39 Å². The maximum absolute atomic E-state index is 13.2. The van der Waals surface area contributed by atoms with E-state index in [1.165, 1.54) is 0 Å². The summed E-state index contributed by atoms with van der Waals surface area (Å²) in [5, 5.41) is 10.1. The standard InChI is InChI=1S/C16H27FN2O3/c1-10(2)15(21)19-7-12(14(20)9-19)6-11(3)16(22)18-5-4-13(17)8-18/h10-14,20H,4-9H2,1-3H3/t11?,12?,13-,14-/m1/s1. The van der Waals surface area contributed by atoms with Crippen LogP contribution in [-0.2, 0) is 9.59 Å². The van der Waals surface area contributed by atoms with Crippen molar-refractivity contribution in [3.63, 3.8) is 0 Å². The van der Waals surface area contributed by atoms with E-state index in [1.54, 1.807) is 9.80 Å². The molecule has 0 radical (unpaired) electrons. The molecule has 0 aromatic carbocycles. The van der Waals surface area contributed by atoms with Crippen molar-refractivity contribution in [3.05, 3.63) is 0 Å². The fraction of sp³-hybridized carbons (Fsp3) is 0.875. The van der Waals surface area contributed by atoms with Crippen molar-refractivity contribution in [1.29, 1.82) is 0 Å². The van der Waals surface area contributed by atoms with Crippen LogP contribution in [0.25, 0.3) is 0 Å². The second-order valence-electron chi connectivity index (χ2n) is 7.03. The fourth-order valence-electron chi connectivity index (χ4n) is 3.42. The number of aliphatic hydroxyl groups excluding tert-OH is 1. The van der Waals surface area contributed by atoms with Crippen LogP contribution in [0.3, 0.4) is 0 Å². The zero-order chi connectivity index (χ0) is 16.4. The molecule has 2 amide bonds. The fourth-order valence-corrected chi connectivity index (χ4v) is 3.42. The van der Waals surface area contributed by atoms with E-state index in [9.17, 15) is 19.1 Å². The van der Waals surface area contributed by atoms with Gasteiger partial charge in [0.2, 0.25) is 11.8 Å². The van der Waals surface area contributed by atoms with Crippen LogP contribution in [0, 0.1) is 17.8 Å². The predicted octanol–water partition coefficient (Wildman–Crippen LogP) is 1.06. The lowest BCUT2D eigenvalue weighted by Gasteiger charge is -2.23. The van der Waals surface area contributed by atoms with Crippen molar-refractivity contribution >= 4 is 11.8 Å². The highest BCUT2D eigenvalue weighted by molar-refractivity contribution is 5.79. The summed E-state index contributed by atoms with van der Waals surface area (Å²) in [7, 11) is 0. The molecule has 0 aromatic rings. The van der Waals surface area contributed by atoms with Crippen LogP contribution in [0.2, 0.25) is 0 Å². The number of hydrogen-bond donors (Lipinski definition) is 1. The maximum atomic E-state index is 13.2. The van der Waals surface area contributed by atoms with Crippen LogP contribution in [0.15, 0.2) is 0 Å². The molecule has 2 saturated heterocycles. The quantitative estimate of drug-likeness (QED) is 0.844. The third kappa shape index (κ3) is 3.77. The monoisotopic (exact) mass is 314 g/mol. The normalized spacial score (nSPS) is 30.2. The number of carbonyl (C=O) groups is 2. The Hall–Kier alpha value is -1.17. The lowest BCUT2D eigenvalue weighted by molar-refractivity contribution is -0.134. The van der Waals surface area contributed by atoms with Gasteiger partial charge >= 0.3 is 0 Å². The van der Waals surface area contributed by atoms with E-state index in [0.29, 0.717) is 32.5 Å². The number of hydrogen-bond acceptors (Lipinski definition) is 3. The number of nitrogens with zero attached hydrogens (tertiary/aromatic N) is 2. The largest absolute Gasteiger partial charge is 0.391 e. The Bertz CT molecular complexity index is 430. The van der Waals surface area contributed by atoms with E-state index in [0.717, 1.165) is 0 Å². The molecule has 22 heavy (non-hydrogen) atoms. The number of β-amino-alcohol motifs (C(OH)–C–C–N with tert-alkyl or cyclic N) is 1. The van der Waals surface area contributed by atoms with Gasteiger partial charge in [0.15, 0.2) is 0 Å². The summed E-state index contributed by atoms with van der Waals surface area (Å²) >= 11 is 0. The van der Waals surface area contributed by atoms with E-state index in [4.69, 9.17) is 0 Å². The SMILES string of the molecule is CC(C)C(=O)N1CC(CC(C)C(=O)N2CC[C@@H](F)C2)[C@H](O)C1. The summed E-state index contributed by atoms with van der Waals surface area (Å²) in [5.41, 5.74) is 0. The van der Waals surface area contributed by atoms with Gasteiger partial charge in [-0.2, -0.15) is 0 Å². The smallest absolute Gasteiger partial charge is 0.225 e. The zero-order valence-electron chi connectivity index (χ0n) is 13.7. The molecule has 4 atom stereocenters. The molecular weight excluding hydrogens is 287 g/mol. The molecular formula is C16H27FN2O3. The minimum Gasteiger partial charge on any atom is -0.391 e. The highest BCUT2D eigenvalue weighted by atomic mass is 19.1. The van der Waals surface area contributed by atoms with E-state index in [-0.39, 0.29) is 36.1 Å². The summed E-state index contributed by atoms with van der Waals surface area (Å²) in [6, 6.07) is 0. The van der Waals surface area contributed by atoms with Gasteiger partial charge in [-0.25, -0.2) is 4.39 Å². The average molecular weight is 314 g/mol. The Labute approximate surface area is 131 Å². The van der Waals surface area contributed by atoms with E-state index < -0.39 is 12.3 Å². The van der Waals surface area contributed by atoms with Crippen molar-refractivity contribution in [2.45, 2.75) is 45.9 Å². The average Bonchev–Trinajstić information content (AvgIpc) is 3.04. The van der Waals surface area contributed by atoms with E-state index in [2.05, 4.69) is 0 Å². The first-order chi connectivity index (χ1) is 10.3. The Morgan fingerprint density at radius 2 is 1.82 bits per heavy atom. The first kappa shape index (κ1) is 17.2. The summed E-state index contributed by atoms with van der Waals surface area (Å²) in [4.78, 5) is 27.6. The molecule has 5 nitrogen and oxygen atoms in total. The number of alkyl halides is 1. The molecule has 0 spiro atoms. The molecule has 1 N–H and O–H groups in total. The van der Waals surface area contributed by atoms with Gasteiger partial charge in [0.25, 0.3) is 0 Å². The molecule has 2 fully saturated rings. The molecule has 126 valence electrons. The zero-order valence-corrected chi connectivity index (χ0v) is 13.7. The molecule has 6 heteroatoms. The van der Waals surface area contributed by atoms with Crippen LogP contribution < -0.4 is 0 Å². The molecule has 0 bridgehead atoms. The van der Waals surface area contributed by atoms with Crippen molar-refractivity contribution in [2.75, 3.05) is 26.2 Å². The van der Waals surface area contributed by atoms with Crippen molar-refractivity contribution < 1.29 is 19.1 Å². The molecule has 2 rings (SSSR count). The molecule has 0 aromatic heterocycles. The molecule has 0 aliphatic carbocycles. The van der Waals surface area contributed by atoms with Crippen LogP contribution in [-0.4, -0.2) is 65.2 Å². The highest BCUT2D eigenvalue weighted by Crippen LogP contribution is 2.27. The summed E-state index contributed by atoms with van der Waals surface area (Å²) in [5.74, 6) is -0.415. The molecule has 2 aliphatic rings. The second-order valence-corrected chi connectivity index (χ2v) is 7.03.